The van der Waals surface area contributed by atoms with Crippen molar-refractivity contribution in [2.75, 3.05) is 13.1 Å². The Bertz CT molecular complexity index is 469. The van der Waals surface area contributed by atoms with Crippen molar-refractivity contribution in [2.24, 2.45) is 11.7 Å². The number of halogens is 2. The second-order valence-electron chi connectivity index (χ2n) is 5.11. The maximum atomic E-state index is 12.5. The third kappa shape index (κ3) is 3.58. The Morgan fingerprint density at radius 1 is 1.37 bits per heavy atom. The largest absolute Gasteiger partial charge is 0.339 e. The summed E-state index contributed by atoms with van der Waals surface area (Å²) in [6, 6.07) is 5.90. The van der Waals surface area contributed by atoms with E-state index in [1.54, 1.807) is 0 Å². The maximum absolute atomic E-state index is 12.5. The molecule has 1 heterocycles. The molecule has 1 aliphatic heterocycles. The summed E-state index contributed by atoms with van der Waals surface area (Å²) < 4.78 is 1.76. The van der Waals surface area contributed by atoms with E-state index in [4.69, 9.17) is 5.73 Å². The second-order valence-corrected chi connectivity index (χ2v) is 6.88. The lowest BCUT2D eigenvalue weighted by molar-refractivity contribution is 0.0680. The molecule has 2 N–H and O–H groups in total. The number of rotatable bonds is 2. The Labute approximate surface area is 130 Å². The Balaban J connectivity index is 2.07. The van der Waals surface area contributed by atoms with Crippen molar-refractivity contribution in [1.82, 2.24) is 4.90 Å². The molecule has 1 saturated heterocycles. The van der Waals surface area contributed by atoms with E-state index in [9.17, 15) is 4.79 Å². The van der Waals surface area contributed by atoms with E-state index in [0.29, 0.717) is 11.5 Å². The second kappa shape index (κ2) is 6.37. The summed E-state index contributed by atoms with van der Waals surface area (Å²) >= 11 is 6.85. The topological polar surface area (TPSA) is 46.3 Å². The predicted octanol–water partition coefficient (Wildman–Crippen LogP) is 3.41. The molecule has 0 aliphatic carbocycles. The maximum Gasteiger partial charge on any atom is 0.255 e. The first-order valence-corrected chi connectivity index (χ1v) is 8.07. The van der Waals surface area contributed by atoms with Gasteiger partial charge in [0, 0.05) is 28.1 Å². The normalized spacial score (nSPS) is 18.4. The monoisotopic (exact) mass is 388 g/mol. The summed E-state index contributed by atoms with van der Waals surface area (Å²) in [5, 5.41) is 0. The lowest BCUT2D eigenvalue weighted by Crippen LogP contribution is -2.42. The minimum Gasteiger partial charge on any atom is -0.339 e. The van der Waals surface area contributed by atoms with Crippen LogP contribution in [0.15, 0.2) is 27.1 Å². The van der Waals surface area contributed by atoms with Crippen LogP contribution in [0.1, 0.15) is 30.1 Å². The van der Waals surface area contributed by atoms with Gasteiger partial charge in [-0.3, -0.25) is 4.79 Å². The third-order valence-corrected chi connectivity index (χ3v) is 4.91. The van der Waals surface area contributed by atoms with Crippen molar-refractivity contribution in [1.29, 1.82) is 0 Å². The van der Waals surface area contributed by atoms with Crippen molar-refractivity contribution < 1.29 is 4.79 Å². The fraction of sp³-hybridized carbons (Fsp3) is 0.500. The number of nitrogens with zero attached hydrogens (tertiary/aromatic N) is 1. The van der Waals surface area contributed by atoms with Crippen LogP contribution in [0.2, 0.25) is 0 Å². The number of amides is 1. The van der Waals surface area contributed by atoms with Gasteiger partial charge in [0.05, 0.1) is 5.56 Å². The molecular weight excluding hydrogens is 372 g/mol. The lowest BCUT2D eigenvalue weighted by Gasteiger charge is -2.34. The number of carbonyl (C=O) groups is 1. The average Bonchev–Trinajstić information content (AvgIpc) is 2.41. The van der Waals surface area contributed by atoms with Crippen molar-refractivity contribution in [3.63, 3.8) is 0 Å². The van der Waals surface area contributed by atoms with Gasteiger partial charge >= 0.3 is 0 Å². The third-order valence-electron chi connectivity index (χ3n) is 3.73. The highest BCUT2D eigenvalue weighted by atomic mass is 79.9. The highest BCUT2D eigenvalue weighted by Gasteiger charge is 2.26. The van der Waals surface area contributed by atoms with Crippen LogP contribution in [-0.2, 0) is 0 Å². The van der Waals surface area contributed by atoms with Gasteiger partial charge in [-0.1, -0.05) is 15.9 Å². The first kappa shape index (κ1) is 15.0. The van der Waals surface area contributed by atoms with E-state index in [0.717, 1.165) is 34.9 Å². The number of hydrogen-bond acceptors (Lipinski definition) is 2. The van der Waals surface area contributed by atoms with Crippen LogP contribution in [-0.4, -0.2) is 29.9 Å². The molecule has 1 fully saturated rings. The molecule has 1 atom stereocenters. The van der Waals surface area contributed by atoms with E-state index in [-0.39, 0.29) is 11.9 Å². The molecule has 1 unspecified atom stereocenters. The molecule has 1 aromatic rings. The summed E-state index contributed by atoms with van der Waals surface area (Å²) in [4.78, 5) is 14.4. The van der Waals surface area contributed by atoms with Gasteiger partial charge in [-0.25, -0.2) is 0 Å². The van der Waals surface area contributed by atoms with E-state index in [1.807, 2.05) is 30.0 Å². The molecular formula is C14H18Br2N2O. The minimum absolute atomic E-state index is 0.0938. The summed E-state index contributed by atoms with van der Waals surface area (Å²) in [7, 11) is 0. The first-order valence-electron chi connectivity index (χ1n) is 6.49. The molecule has 0 bridgehead atoms. The number of benzene rings is 1. The van der Waals surface area contributed by atoms with Crippen LogP contribution in [0.25, 0.3) is 0 Å². The van der Waals surface area contributed by atoms with Gasteiger partial charge < -0.3 is 10.6 Å². The predicted molar refractivity (Wildman–Crippen MR) is 84.1 cm³/mol. The van der Waals surface area contributed by atoms with Gasteiger partial charge in [-0.2, -0.15) is 0 Å². The van der Waals surface area contributed by atoms with Crippen molar-refractivity contribution in [2.45, 2.75) is 25.8 Å². The van der Waals surface area contributed by atoms with Gasteiger partial charge in [0.2, 0.25) is 0 Å². The van der Waals surface area contributed by atoms with Crippen molar-refractivity contribution in [3.05, 3.63) is 32.7 Å². The Kier molecular flexibility index (Phi) is 5.03. The average molecular weight is 390 g/mol. The SMILES string of the molecule is CC(N)C1CCN(C(=O)c2cc(Br)ccc2Br)CC1. The molecule has 3 nitrogen and oxygen atoms in total. The number of nitrogens with two attached hydrogens (primary N) is 1. The summed E-state index contributed by atoms with van der Waals surface area (Å²) in [6.45, 7) is 3.64. The standard InChI is InChI=1S/C14H18Br2N2O/c1-9(17)10-4-6-18(7-5-10)14(19)12-8-11(15)2-3-13(12)16/h2-3,8-10H,4-7,17H2,1H3. The van der Waals surface area contributed by atoms with Gasteiger partial charge in [-0.05, 0) is 59.8 Å². The molecule has 1 aliphatic rings. The van der Waals surface area contributed by atoms with Crippen LogP contribution in [0.3, 0.4) is 0 Å². The summed E-state index contributed by atoms with van der Waals surface area (Å²) in [5.74, 6) is 0.631. The molecule has 1 amide bonds. The zero-order valence-electron chi connectivity index (χ0n) is 10.9. The molecule has 2 rings (SSSR count). The number of piperidine rings is 1. The molecule has 0 radical (unpaired) electrons. The quantitative estimate of drug-likeness (QED) is 0.842. The van der Waals surface area contributed by atoms with Crippen LogP contribution in [0, 0.1) is 5.92 Å². The van der Waals surface area contributed by atoms with Crippen LogP contribution in [0.4, 0.5) is 0 Å². The molecule has 5 heteroatoms. The highest BCUT2D eigenvalue weighted by Crippen LogP contribution is 2.26. The van der Waals surface area contributed by atoms with E-state index < -0.39 is 0 Å². The fourth-order valence-electron chi connectivity index (χ4n) is 2.46. The van der Waals surface area contributed by atoms with Crippen LogP contribution in [0.5, 0.6) is 0 Å². The Morgan fingerprint density at radius 3 is 2.58 bits per heavy atom. The number of carbonyl (C=O) groups excluding carboxylic acids is 1. The molecule has 104 valence electrons. The lowest BCUT2D eigenvalue weighted by atomic mass is 9.90. The Hall–Kier alpha value is -0.390. The van der Waals surface area contributed by atoms with Gasteiger partial charge in [0.25, 0.3) is 5.91 Å². The van der Waals surface area contributed by atoms with E-state index >= 15 is 0 Å². The van der Waals surface area contributed by atoms with Gasteiger partial charge in [-0.15, -0.1) is 0 Å². The zero-order chi connectivity index (χ0) is 14.0. The minimum atomic E-state index is 0.0938. The van der Waals surface area contributed by atoms with E-state index in [1.165, 1.54) is 0 Å². The number of likely N-dealkylation sites (tertiary alicyclic amines) is 1. The van der Waals surface area contributed by atoms with E-state index in [2.05, 4.69) is 31.9 Å². The molecule has 1 aromatic carbocycles. The fourth-order valence-corrected chi connectivity index (χ4v) is 3.24. The van der Waals surface area contributed by atoms with Crippen LogP contribution >= 0.6 is 31.9 Å². The molecule has 0 saturated carbocycles. The molecule has 19 heavy (non-hydrogen) atoms. The van der Waals surface area contributed by atoms with Gasteiger partial charge in [0.1, 0.15) is 0 Å². The molecule has 0 spiro atoms. The smallest absolute Gasteiger partial charge is 0.255 e. The highest BCUT2D eigenvalue weighted by molar-refractivity contribution is 9.11. The van der Waals surface area contributed by atoms with Crippen LogP contribution < -0.4 is 5.73 Å². The number of hydrogen-bond donors (Lipinski definition) is 1. The Morgan fingerprint density at radius 2 is 2.00 bits per heavy atom. The summed E-state index contributed by atoms with van der Waals surface area (Å²) in [6.07, 6.45) is 1.99. The first-order chi connectivity index (χ1) is 8.99. The molecule has 0 aromatic heterocycles. The van der Waals surface area contributed by atoms with Crippen molar-refractivity contribution >= 4 is 37.8 Å². The van der Waals surface area contributed by atoms with Crippen molar-refractivity contribution in [3.8, 4) is 0 Å². The zero-order valence-corrected chi connectivity index (χ0v) is 14.1. The summed E-state index contributed by atoms with van der Waals surface area (Å²) in [5.41, 5.74) is 6.64. The van der Waals surface area contributed by atoms with Gasteiger partial charge in [0.15, 0.2) is 0 Å².